The molecule has 5 nitrogen and oxygen atoms in total. The molecule has 1 saturated carbocycles. The fraction of sp³-hybridized carbons (Fsp3) is 0.591. The maximum absolute atomic E-state index is 13.0. The van der Waals surface area contributed by atoms with Gasteiger partial charge in [0.15, 0.2) is 6.10 Å². The van der Waals surface area contributed by atoms with Gasteiger partial charge in [0.1, 0.15) is 19.0 Å². The number of hydrogen-bond acceptors (Lipinski definition) is 5. The molecule has 27 heavy (non-hydrogen) atoms. The van der Waals surface area contributed by atoms with Crippen LogP contribution in [0.25, 0.3) is 0 Å². The first-order valence-corrected chi connectivity index (χ1v) is 9.72. The van der Waals surface area contributed by atoms with E-state index in [2.05, 4.69) is 0 Å². The lowest BCUT2D eigenvalue weighted by Gasteiger charge is -2.34. The molecule has 3 atom stereocenters. The van der Waals surface area contributed by atoms with Gasteiger partial charge < -0.3 is 18.9 Å². The monoisotopic (exact) mass is 376 g/mol. The summed E-state index contributed by atoms with van der Waals surface area (Å²) in [5.74, 6) is -0.108. The van der Waals surface area contributed by atoms with Crippen LogP contribution in [-0.2, 0) is 23.7 Å². The third-order valence-corrected chi connectivity index (χ3v) is 5.00. The number of methoxy groups -OCH3 is 2. The second kappa shape index (κ2) is 11.9. The highest BCUT2D eigenvalue weighted by Crippen LogP contribution is 2.32. The third kappa shape index (κ3) is 6.45. The van der Waals surface area contributed by atoms with Crippen molar-refractivity contribution in [3.63, 3.8) is 0 Å². The van der Waals surface area contributed by atoms with Crippen molar-refractivity contribution in [2.75, 3.05) is 21.0 Å². The summed E-state index contributed by atoms with van der Waals surface area (Å²) in [5, 5.41) is 0. The average molecular weight is 376 g/mol. The minimum absolute atomic E-state index is 0.155. The summed E-state index contributed by atoms with van der Waals surface area (Å²) in [6.07, 6.45) is 8.03. The molecule has 0 saturated heterocycles. The highest BCUT2D eigenvalue weighted by Gasteiger charge is 2.35. The molecule has 1 aliphatic carbocycles. The van der Waals surface area contributed by atoms with E-state index >= 15 is 0 Å². The summed E-state index contributed by atoms with van der Waals surface area (Å²) in [6.45, 7) is 2.09. The maximum atomic E-state index is 13.0. The van der Waals surface area contributed by atoms with Crippen molar-refractivity contribution in [1.29, 1.82) is 0 Å². The summed E-state index contributed by atoms with van der Waals surface area (Å²) in [6, 6.07) is 9.42. The topological polar surface area (TPSA) is 54.0 Å². The van der Waals surface area contributed by atoms with Gasteiger partial charge in [-0.2, -0.15) is 0 Å². The van der Waals surface area contributed by atoms with Gasteiger partial charge in [-0.3, -0.25) is 0 Å². The lowest BCUT2D eigenvalue weighted by atomic mass is 9.83. The van der Waals surface area contributed by atoms with E-state index in [1.54, 1.807) is 7.11 Å². The number of ether oxygens (including phenoxy) is 4. The largest absolute Gasteiger partial charge is 0.457 e. The zero-order valence-electron chi connectivity index (χ0n) is 16.6. The van der Waals surface area contributed by atoms with Crippen molar-refractivity contribution in [3.05, 3.63) is 48.0 Å². The zero-order chi connectivity index (χ0) is 19.5. The van der Waals surface area contributed by atoms with Gasteiger partial charge >= 0.3 is 5.97 Å². The van der Waals surface area contributed by atoms with E-state index in [0.717, 1.165) is 31.2 Å². The Kier molecular flexibility index (Phi) is 9.53. The first-order chi connectivity index (χ1) is 13.2. The molecule has 0 spiro atoms. The summed E-state index contributed by atoms with van der Waals surface area (Å²) in [7, 11) is 3.12. The predicted molar refractivity (Wildman–Crippen MR) is 104 cm³/mol. The van der Waals surface area contributed by atoms with Gasteiger partial charge in [-0.15, -0.1) is 0 Å². The van der Waals surface area contributed by atoms with E-state index in [1.165, 1.54) is 13.5 Å². The molecule has 1 aromatic rings. The lowest BCUT2D eigenvalue weighted by molar-refractivity contribution is -0.178. The predicted octanol–water partition coefficient (Wildman–Crippen LogP) is 4.43. The number of allylic oxidation sites excluding steroid dienone is 1. The maximum Gasteiger partial charge on any atom is 0.340 e. The molecule has 0 aliphatic heterocycles. The van der Waals surface area contributed by atoms with Crippen molar-refractivity contribution in [2.45, 2.75) is 57.3 Å². The van der Waals surface area contributed by atoms with Crippen molar-refractivity contribution in [2.24, 2.45) is 5.92 Å². The molecule has 0 aromatic heterocycles. The molecule has 1 aliphatic rings. The minimum atomic E-state index is -0.744. The first kappa shape index (κ1) is 21.6. The Morgan fingerprint density at radius 2 is 1.85 bits per heavy atom. The van der Waals surface area contributed by atoms with Crippen molar-refractivity contribution in [1.82, 2.24) is 0 Å². The van der Waals surface area contributed by atoms with Gasteiger partial charge in [-0.05, 0) is 31.2 Å². The first-order valence-electron chi connectivity index (χ1n) is 9.72. The van der Waals surface area contributed by atoms with Gasteiger partial charge in [0, 0.05) is 14.2 Å². The fourth-order valence-corrected chi connectivity index (χ4v) is 3.68. The number of carbonyl (C=O) groups excluding carboxylic acids is 1. The molecule has 2 rings (SSSR count). The number of esters is 1. The Morgan fingerprint density at radius 1 is 1.15 bits per heavy atom. The van der Waals surface area contributed by atoms with Crippen LogP contribution >= 0.6 is 0 Å². The van der Waals surface area contributed by atoms with Crippen LogP contribution in [0.5, 0.6) is 0 Å². The van der Waals surface area contributed by atoms with Crippen LogP contribution in [0.1, 0.15) is 50.7 Å². The van der Waals surface area contributed by atoms with Crippen LogP contribution in [0, 0.1) is 5.92 Å². The number of rotatable bonds is 10. The molecule has 150 valence electrons. The molecule has 5 heteroatoms. The van der Waals surface area contributed by atoms with Gasteiger partial charge in [-0.1, -0.05) is 61.7 Å². The third-order valence-electron chi connectivity index (χ3n) is 5.00. The van der Waals surface area contributed by atoms with E-state index in [1.807, 2.05) is 49.4 Å². The molecule has 0 unspecified atom stereocenters. The molecule has 0 amide bonds. The fourth-order valence-electron chi connectivity index (χ4n) is 3.68. The smallest absolute Gasteiger partial charge is 0.340 e. The van der Waals surface area contributed by atoms with Crippen LogP contribution in [0.15, 0.2) is 42.5 Å². The van der Waals surface area contributed by atoms with Crippen molar-refractivity contribution in [3.8, 4) is 0 Å². The quantitative estimate of drug-likeness (QED) is 0.343. The number of benzene rings is 1. The Labute approximate surface area is 162 Å². The van der Waals surface area contributed by atoms with Crippen LogP contribution in [0.3, 0.4) is 0 Å². The van der Waals surface area contributed by atoms with E-state index in [4.69, 9.17) is 18.9 Å². The Morgan fingerprint density at radius 3 is 2.44 bits per heavy atom. The SMILES string of the molecule is C/C=C/[C@@H](OCOC)[C@@H](OC(=O)[C@H](OC)c1ccccc1)C1CCCCC1. The molecule has 1 aromatic carbocycles. The Balaban J connectivity index is 2.19. The van der Waals surface area contributed by atoms with E-state index in [0.29, 0.717) is 0 Å². The standard InChI is InChI=1S/C22H32O5/c1-4-11-19(26-16-24-2)20(17-12-7-5-8-13-17)27-22(23)21(25-3)18-14-9-6-10-15-18/h4,6,9-11,14-15,17,19-21H,5,7-8,12-13,16H2,1-3H3/b11-4+/t19-,20+,21-/m1/s1. The normalized spacial score (nSPS) is 18.9. The molecule has 0 bridgehead atoms. The minimum Gasteiger partial charge on any atom is -0.457 e. The van der Waals surface area contributed by atoms with Crippen LogP contribution < -0.4 is 0 Å². The van der Waals surface area contributed by atoms with Crippen LogP contribution in [0.2, 0.25) is 0 Å². The molecule has 0 heterocycles. The number of carbonyl (C=O) groups is 1. The van der Waals surface area contributed by atoms with Crippen LogP contribution in [-0.4, -0.2) is 39.2 Å². The molecular formula is C22H32O5. The second-order valence-corrected chi connectivity index (χ2v) is 6.89. The van der Waals surface area contributed by atoms with E-state index < -0.39 is 6.10 Å². The van der Waals surface area contributed by atoms with Crippen LogP contribution in [0.4, 0.5) is 0 Å². The van der Waals surface area contributed by atoms with Gasteiger partial charge in [0.05, 0.1) is 0 Å². The summed E-state index contributed by atoms with van der Waals surface area (Å²) >= 11 is 0. The summed E-state index contributed by atoms with van der Waals surface area (Å²) in [5.41, 5.74) is 0.785. The molecule has 0 N–H and O–H groups in total. The van der Waals surface area contributed by atoms with Crippen molar-refractivity contribution >= 4 is 5.97 Å². The molecule has 0 radical (unpaired) electrons. The van der Waals surface area contributed by atoms with Gasteiger partial charge in [0.2, 0.25) is 0 Å². The number of hydrogen-bond donors (Lipinski definition) is 0. The highest BCUT2D eigenvalue weighted by atomic mass is 16.7. The second-order valence-electron chi connectivity index (χ2n) is 6.89. The molecular weight excluding hydrogens is 344 g/mol. The zero-order valence-corrected chi connectivity index (χ0v) is 16.6. The molecule has 1 fully saturated rings. The lowest BCUT2D eigenvalue weighted by Crippen LogP contribution is -2.41. The van der Waals surface area contributed by atoms with Crippen molar-refractivity contribution < 1.29 is 23.7 Å². The Hall–Kier alpha value is -1.69. The Bertz CT molecular complexity index is 565. The van der Waals surface area contributed by atoms with Gasteiger partial charge in [0.25, 0.3) is 0 Å². The summed E-state index contributed by atoms with van der Waals surface area (Å²) < 4.78 is 22.4. The van der Waals surface area contributed by atoms with E-state index in [-0.39, 0.29) is 30.9 Å². The summed E-state index contributed by atoms with van der Waals surface area (Å²) in [4.78, 5) is 13.0. The highest BCUT2D eigenvalue weighted by molar-refractivity contribution is 5.76. The van der Waals surface area contributed by atoms with Gasteiger partial charge in [-0.25, -0.2) is 4.79 Å². The average Bonchev–Trinajstić information content (AvgIpc) is 2.71. The van der Waals surface area contributed by atoms with E-state index in [9.17, 15) is 4.79 Å².